The van der Waals surface area contributed by atoms with Gasteiger partial charge in [-0.2, -0.15) is 0 Å². The molecule has 0 atom stereocenters. The fraction of sp³-hybridized carbons (Fsp3) is 0.562. The Labute approximate surface area is 122 Å². The molecule has 20 heavy (non-hydrogen) atoms. The smallest absolute Gasteiger partial charge is 0.175 e. The van der Waals surface area contributed by atoms with E-state index in [1.807, 2.05) is 0 Å². The predicted molar refractivity (Wildman–Crippen MR) is 81.9 cm³/mol. The lowest BCUT2D eigenvalue weighted by Gasteiger charge is -2.03. The van der Waals surface area contributed by atoms with Crippen LogP contribution in [-0.4, -0.2) is 20.5 Å². The number of ketones is 1. The van der Waals surface area contributed by atoms with E-state index in [0.717, 1.165) is 12.8 Å². The molecule has 0 saturated carbocycles. The highest BCUT2D eigenvalue weighted by Crippen LogP contribution is 2.14. The van der Waals surface area contributed by atoms with Crippen molar-refractivity contribution in [3.63, 3.8) is 0 Å². The van der Waals surface area contributed by atoms with Crippen LogP contribution in [0.2, 0.25) is 0 Å². The van der Waals surface area contributed by atoms with Crippen molar-refractivity contribution in [1.82, 2.24) is 0 Å². The topological polar surface area (TPSA) is 51.2 Å². The van der Waals surface area contributed by atoms with E-state index in [4.69, 9.17) is 0 Å². The predicted octanol–water partition coefficient (Wildman–Crippen LogP) is 4.02. The SMILES string of the molecule is CCCCCCCCC(=O)c1ccc(S(C)(=O)=O)cc1. The first-order valence-electron chi connectivity index (χ1n) is 7.28. The molecule has 112 valence electrons. The summed E-state index contributed by atoms with van der Waals surface area (Å²) in [4.78, 5) is 12.2. The van der Waals surface area contributed by atoms with Gasteiger partial charge in [0.05, 0.1) is 4.90 Å². The van der Waals surface area contributed by atoms with E-state index in [0.29, 0.717) is 12.0 Å². The van der Waals surface area contributed by atoms with E-state index in [1.165, 1.54) is 44.1 Å². The maximum Gasteiger partial charge on any atom is 0.175 e. The van der Waals surface area contributed by atoms with Crippen molar-refractivity contribution in [3.8, 4) is 0 Å². The number of unbranched alkanes of at least 4 members (excludes halogenated alkanes) is 5. The van der Waals surface area contributed by atoms with Crippen LogP contribution in [0.3, 0.4) is 0 Å². The number of hydrogen-bond acceptors (Lipinski definition) is 3. The van der Waals surface area contributed by atoms with Crippen molar-refractivity contribution in [2.75, 3.05) is 6.26 Å². The van der Waals surface area contributed by atoms with E-state index >= 15 is 0 Å². The molecule has 1 aromatic carbocycles. The average Bonchev–Trinajstić information content (AvgIpc) is 2.41. The summed E-state index contributed by atoms with van der Waals surface area (Å²) in [5.74, 6) is 0.0977. The maximum absolute atomic E-state index is 11.9. The molecule has 0 N–H and O–H groups in total. The van der Waals surface area contributed by atoms with Crippen molar-refractivity contribution in [2.45, 2.75) is 56.8 Å². The number of Topliss-reactive ketones (excluding diaryl/α,β-unsaturated/α-hetero) is 1. The van der Waals surface area contributed by atoms with Crippen LogP contribution in [0.5, 0.6) is 0 Å². The Kier molecular flexibility index (Phi) is 6.93. The molecule has 0 amide bonds. The average molecular weight is 296 g/mol. The lowest BCUT2D eigenvalue weighted by molar-refractivity contribution is 0.0979. The fourth-order valence-corrected chi connectivity index (χ4v) is 2.73. The highest BCUT2D eigenvalue weighted by Gasteiger charge is 2.09. The van der Waals surface area contributed by atoms with Gasteiger partial charge >= 0.3 is 0 Å². The van der Waals surface area contributed by atoms with Crippen molar-refractivity contribution in [3.05, 3.63) is 29.8 Å². The van der Waals surface area contributed by atoms with Gasteiger partial charge < -0.3 is 0 Å². The van der Waals surface area contributed by atoms with Crippen LogP contribution >= 0.6 is 0 Å². The molecule has 0 aromatic heterocycles. The second kappa shape index (κ2) is 8.20. The lowest BCUT2D eigenvalue weighted by atomic mass is 10.0. The van der Waals surface area contributed by atoms with Crippen molar-refractivity contribution in [2.24, 2.45) is 0 Å². The molecular weight excluding hydrogens is 272 g/mol. The van der Waals surface area contributed by atoms with Gasteiger partial charge in [0.2, 0.25) is 0 Å². The monoisotopic (exact) mass is 296 g/mol. The summed E-state index contributed by atoms with van der Waals surface area (Å²) < 4.78 is 22.7. The van der Waals surface area contributed by atoms with Gasteiger partial charge in [0.25, 0.3) is 0 Å². The molecule has 1 aromatic rings. The summed E-state index contributed by atoms with van der Waals surface area (Å²) in [7, 11) is -3.19. The molecule has 4 heteroatoms. The van der Waals surface area contributed by atoms with Crippen molar-refractivity contribution >= 4 is 15.6 Å². The highest BCUT2D eigenvalue weighted by atomic mass is 32.2. The molecule has 0 spiro atoms. The third kappa shape index (κ3) is 5.87. The van der Waals surface area contributed by atoms with Gasteiger partial charge in [-0.05, 0) is 18.6 Å². The molecule has 0 unspecified atom stereocenters. The Balaban J connectivity index is 2.40. The zero-order chi connectivity index (χ0) is 15.0. The Morgan fingerprint density at radius 2 is 1.50 bits per heavy atom. The zero-order valence-electron chi connectivity index (χ0n) is 12.4. The van der Waals surface area contributed by atoms with Crippen LogP contribution in [0.4, 0.5) is 0 Å². The maximum atomic E-state index is 11.9. The zero-order valence-corrected chi connectivity index (χ0v) is 13.2. The Bertz CT molecular complexity index is 515. The summed E-state index contributed by atoms with van der Waals surface area (Å²) in [6, 6.07) is 6.22. The van der Waals surface area contributed by atoms with Crippen molar-refractivity contribution < 1.29 is 13.2 Å². The minimum absolute atomic E-state index is 0.0977. The Hall–Kier alpha value is -1.16. The first kappa shape index (κ1) is 16.9. The number of rotatable bonds is 9. The molecule has 0 bridgehead atoms. The normalized spacial score (nSPS) is 11.5. The number of hydrogen-bond donors (Lipinski definition) is 0. The number of carbonyl (C=O) groups is 1. The van der Waals surface area contributed by atoms with Gasteiger partial charge in [-0.25, -0.2) is 8.42 Å². The molecule has 3 nitrogen and oxygen atoms in total. The molecule has 0 aliphatic carbocycles. The molecule has 1 rings (SSSR count). The number of carbonyl (C=O) groups excluding carboxylic acids is 1. The largest absolute Gasteiger partial charge is 0.294 e. The number of sulfone groups is 1. The first-order valence-corrected chi connectivity index (χ1v) is 9.17. The second-order valence-electron chi connectivity index (χ2n) is 5.24. The van der Waals surface area contributed by atoms with Gasteiger partial charge in [0, 0.05) is 18.2 Å². The van der Waals surface area contributed by atoms with Gasteiger partial charge in [-0.3, -0.25) is 4.79 Å². The fourth-order valence-electron chi connectivity index (χ4n) is 2.10. The molecule has 0 radical (unpaired) electrons. The van der Waals surface area contributed by atoms with Crippen LogP contribution in [0.1, 0.15) is 62.2 Å². The van der Waals surface area contributed by atoms with E-state index in [1.54, 1.807) is 12.1 Å². The summed E-state index contributed by atoms with van der Waals surface area (Å²) in [6.45, 7) is 2.18. The van der Waals surface area contributed by atoms with Crippen molar-refractivity contribution in [1.29, 1.82) is 0 Å². The third-order valence-electron chi connectivity index (χ3n) is 3.36. The summed E-state index contributed by atoms with van der Waals surface area (Å²) in [5, 5.41) is 0. The van der Waals surface area contributed by atoms with Crippen LogP contribution < -0.4 is 0 Å². The van der Waals surface area contributed by atoms with Gasteiger partial charge in [-0.15, -0.1) is 0 Å². The molecular formula is C16H24O3S. The lowest BCUT2D eigenvalue weighted by Crippen LogP contribution is -2.01. The van der Waals surface area contributed by atoms with Gasteiger partial charge in [0.1, 0.15) is 0 Å². The molecule has 0 aliphatic rings. The van der Waals surface area contributed by atoms with E-state index in [2.05, 4.69) is 6.92 Å². The third-order valence-corrected chi connectivity index (χ3v) is 4.49. The molecule has 0 fully saturated rings. The molecule has 0 saturated heterocycles. The Morgan fingerprint density at radius 1 is 0.950 bits per heavy atom. The summed E-state index contributed by atoms with van der Waals surface area (Å²) in [5.41, 5.74) is 0.603. The first-order chi connectivity index (χ1) is 9.45. The van der Waals surface area contributed by atoms with E-state index < -0.39 is 9.84 Å². The van der Waals surface area contributed by atoms with Crippen LogP contribution in [0, 0.1) is 0 Å². The summed E-state index contributed by atoms with van der Waals surface area (Å²) >= 11 is 0. The van der Waals surface area contributed by atoms with Crippen LogP contribution in [0.15, 0.2) is 29.2 Å². The molecule has 0 aliphatic heterocycles. The minimum Gasteiger partial charge on any atom is -0.294 e. The Morgan fingerprint density at radius 3 is 2.05 bits per heavy atom. The number of benzene rings is 1. The minimum atomic E-state index is -3.19. The highest BCUT2D eigenvalue weighted by molar-refractivity contribution is 7.90. The van der Waals surface area contributed by atoms with E-state index in [-0.39, 0.29) is 10.7 Å². The van der Waals surface area contributed by atoms with Crippen LogP contribution in [-0.2, 0) is 9.84 Å². The van der Waals surface area contributed by atoms with Crippen LogP contribution in [0.25, 0.3) is 0 Å². The van der Waals surface area contributed by atoms with Gasteiger partial charge in [-0.1, -0.05) is 51.2 Å². The van der Waals surface area contributed by atoms with E-state index in [9.17, 15) is 13.2 Å². The summed E-state index contributed by atoms with van der Waals surface area (Å²) in [6.07, 6.45) is 8.64. The molecule has 0 heterocycles. The van der Waals surface area contributed by atoms with Gasteiger partial charge in [0.15, 0.2) is 15.6 Å². The standard InChI is InChI=1S/C16H24O3S/c1-3-4-5-6-7-8-9-16(17)14-10-12-15(13-11-14)20(2,18)19/h10-13H,3-9H2,1-2H3. The second-order valence-corrected chi connectivity index (χ2v) is 7.25. The quantitative estimate of drug-likeness (QED) is 0.511.